The van der Waals surface area contributed by atoms with Crippen molar-refractivity contribution in [3.05, 3.63) is 51.8 Å². The number of aryl methyl sites for hydroxylation is 1. The average molecular weight is 368 g/mol. The number of nitrogens with zero attached hydrogens (tertiary/aromatic N) is 2. The van der Waals surface area contributed by atoms with Crippen LogP contribution in [-0.4, -0.2) is 21.2 Å². The molecule has 0 aliphatic heterocycles. The van der Waals surface area contributed by atoms with Crippen molar-refractivity contribution in [2.24, 2.45) is 11.7 Å². The van der Waals surface area contributed by atoms with Gasteiger partial charge in [-0.15, -0.1) is 11.3 Å². The maximum Gasteiger partial charge on any atom is 0.276 e. The summed E-state index contributed by atoms with van der Waals surface area (Å²) in [5, 5.41) is 3.40. The standard InChI is InChI=1S/C19H20N4O2S/c1-10-3-4-12-14(7-10)26-19(16(12)17(20)24)22-18(25)13-9-23-6-5-11(2)8-15(23)21-13/h5-6,8-10H,3-4,7H2,1-2H3,(H2,20,24)(H,22,25). The molecule has 1 atom stereocenters. The zero-order valence-corrected chi connectivity index (χ0v) is 15.5. The van der Waals surface area contributed by atoms with Gasteiger partial charge in [0.2, 0.25) is 0 Å². The van der Waals surface area contributed by atoms with E-state index >= 15 is 0 Å². The lowest BCUT2D eigenvalue weighted by Crippen LogP contribution is -2.19. The molecule has 3 N–H and O–H groups in total. The Bertz CT molecular complexity index is 1030. The fourth-order valence-corrected chi connectivity index (χ4v) is 4.87. The van der Waals surface area contributed by atoms with Crippen LogP contribution in [0.1, 0.15) is 50.2 Å². The van der Waals surface area contributed by atoms with Crippen LogP contribution >= 0.6 is 11.3 Å². The van der Waals surface area contributed by atoms with Crippen molar-refractivity contribution in [2.45, 2.75) is 33.1 Å². The molecule has 6 nitrogen and oxygen atoms in total. The minimum absolute atomic E-state index is 0.311. The maximum absolute atomic E-state index is 12.7. The van der Waals surface area contributed by atoms with Gasteiger partial charge in [0.25, 0.3) is 11.8 Å². The number of pyridine rings is 1. The third kappa shape index (κ3) is 2.88. The number of carbonyl (C=O) groups excluding carboxylic acids is 2. The molecule has 26 heavy (non-hydrogen) atoms. The van der Waals surface area contributed by atoms with E-state index in [1.54, 1.807) is 10.6 Å². The Balaban J connectivity index is 1.67. The number of anilines is 1. The molecule has 1 aliphatic rings. The molecule has 2 amide bonds. The Hall–Kier alpha value is -2.67. The Morgan fingerprint density at radius 2 is 2.23 bits per heavy atom. The first-order valence-electron chi connectivity index (χ1n) is 8.63. The van der Waals surface area contributed by atoms with Crippen molar-refractivity contribution in [3.63, 3.8) is 0 Å². The van der Waals surface area contributed by atoms with E-state index in [9.17, 15) is 9.59 Å². The van der Waals surface area contributed by atoms with Gasteiger partial charge in [0.15, 0.2) is 0 Å². The van der Waals surface area contributed by atoms with E-state index in [4.69, 9.17) is 5.73 Å². The molecule has 0 saturated heterocycles. The lowest BCUT2D eigenvalue weighted by atomic mass is 9.88. The van der Waals surface area contributed by atoms with Crippen molar-refractivity contribution in [1.82, 2.24) is 9.38 Å². The largest absolute Gasteiger partial charge is 0.365 e. The summed E-state index contributed by atoms with van der Waals surface area (Å²) in [6.45, 7) is 4.17. The third-order valence-corrected chi connectivity index (χ3v) is 6.00. The number of hydrogen-bond acceptors (Lipinski definition) is 4. The second kappa shape index (κ2) is 6.25. The van der Waals surface area contributed by atoms with Crippen LogP contribution in [-0.2, 0) is 12.8 Å². The van der Waals surface area contributed by atoms with Crippen LogP contribution in [0.2, 0.25) is 0 Å². The van der Waals surface area contributed by atoms with Gasteiger partial charge in [-0.05, 0) is 55.4 Å². The van der Waals surface area contributed by atoms with Crippen molar-refractivity contribution >= 4 is 33.8 Å². The Labute approximate surface area is 155 Å². The summed E-state index contributed by atoms with van der Waals surface area (Å²) in [6.07, 6.45) is 6.33. The van der Waals surface area contributed by atoms with Crippen LogP contribution in [0.15, 0.2) is 24.5 Å². The summed E-state index contributed by atoms with van der Waals surface area (Å²) in [4.78, 5) is 30.2. The fraction of sp³-hybridized carbons (Fsp3) is 0.316. The van der Waals surface area contributed by atoms with E-state index < -0.39 is 5.91 Å². The van der Waals surface area contributed by atoms with E-state index in [2.05, 4.69) is 17.2 Å². The third-order valence-electron chi connectivity index (χ3n) is 4.83. The first kappa shape index (κ1) is 16.8. The zero-order valence-electron chi connectivity index (χ0n) is 14.7. The highest BCUT2D eigenvalue weighted by atomic mass is 32.1. The second-order valence-corrected chi connectivity index (χ2v) is 8.08. The van der Waals surface area contributed by atoms with Gasteiger partial charge in [-0.25, -0.2) is 4.98 Å². The maximum atomic E-state index is 12.7. The van der Waals surface area contributed by atoms with Crippen molar-refractivity contribution in [3.8, 4) is 0 Å². The number of primary amides is 1. The molecule has 0 aromatic carbocycles. The number of thiophene rings is 1. The van der Waals surface area contributed by atoms with Crippen LogP contribution in [0.25, 0.3) is 5.65 Å². The van der Waals surface area contributed by atoms with Gasteiger partial charge in [0.05, 0.1) is 5.56 Å². The Morgan fingerprint density at radius 1 is 1.42 bits per heavy atom. The molecule has 0 saturated carbocycles. The summed E-state index contributed by atoms with van der Waals surface area (Å²) in [5.74, 6) is -0.245. The number of nitrogens with one attached hydrogen (secondary N) is 1. The number of amides is 2. The van der Waals surface area contributed by atoms with Crippen LogP contribution < -0.4 is 11.1 Å². The number of imidazole rings is 1. The second-order valence-electron chi connectivity index (χ2n) is 6.97. The molecule has 1 aliphatic carbocycles. The van der Waals surface area contributed by atoms with E-state index in [0.29, 0.717) is 27.8 Å². The summed E-state index contributed by atoms with van der Waals surface area (Å²) < 4.78 is 1.80. The number of carbonyl (C=O) groups is 2. The quantitative estimate of drug-likeness (QED) is 0.744. The minimum atomic E-state index is -0.488. The summed E-state index contributed by atoms with van der Waals surface area (Å²) in [5.41, 5.74) is 9.17. The first-order valence-corrected chi connectivity index (χ1v) is 9.45. The zero-order chi connectivity index (χ0) is 18.4. The fourth-order valence-electron chi connectivity index (χ4n) is 3.46. The summed E-state index contributed by atoms with van der Waals surface area (Å²) in [7, 11) is 0. The number of rotatable bonds is 3. The Kier molecular flexibility index (Phi) is 4.03. The highest BCUT2D eigenvalue weighted by molar-refractivity contribution is 7.17. The van der Waals surface area contributed by atoms with Gasteiger partial charge < -0.3 is 15.5 Å². The predicted octanol–water partition coefficient (Wildman–Crippen LogP) is 3.18. The molecule has 3 heterocycles. The van der Waals surface area contributed by atoms with E-state index in [-0.39, 0.29) is 5.91 Å². The SMILES string of the molecule is Cc1ccn2cc(C(=O)Nc3sc4c(c3C(N)=O)CCC(C)C4)nc2c1. The monoisotopic (exact) mass is 368 g/mol. The molecular weight excluding hydrogens is 348 g/mol. The number of nitrogens with two attached hydrogens (primary N) is 1. The molecule has 3 aromatic rings. The van der Waals surface area contributed by atoms with Crippen molar-refractivity contribution in [1.29, 1.82) is 0 Å². The highest BCUT2D eigenvalue weighted by Crippen LogP contribution is 2.39. The van der Waals surface area contributed by atoms with Gasteiger partial charge in [-0.2, -0.15) is 0 Å². The number of fused-ring (bicyclic) bond motifs is 2. The number of hydrogen-bond donors (Lipinski definition) is 2. The van der Waals surface area contributed by atoms with E-state index in [1.165, 1.54) is 11.3 Å². The van der Waals surface area contributed by atoms with Crippen LogP contribution in [0.3, 0.4) is 0 Å². The topological polar surface area (TPSA) is 89.5 Å². The molecule has 7 heteroatoms. The van der Waals surface area contributed by atoms with Gasteiger partial charge in [-0.3, -0.25) is 9.59 Å². The van der Waals surface area contributed by atoms with Gasteiger partial charge >= 0.3 is 0 Å². The van der Waals surface area contributed by atoms with Gasteiger partial charge in [0.1, 0.15) is 16.3 Å². The molecule has 134 valence electrons. The average Bonchev–Trinajstić information content (AvgIpc) is 3.14. The molecular formula is C19H20N4O2S. The van der Waals surface area contributed by atoms with Crippen molar-refractivity contribution < 1.29 is 9.59 Å². The Morgan fingerprint density at radius 3 is 3.00 bits per heavy atom. The molecule has 4 rings (SSSR count). The smallest absolute Gasteiger partial charge is 0.276 e. The number of aromatic nitrogens is 2. The molecule has 1 unspecified atom stereocenters. The predicted molar refractivity (Wildman–Crippen MR) is 102 cm³/mol. The lowest BCUT2D eigenvalue weighted by molar-refractivity contribution is 0.1000. The minimum Gasteiger partial charge on any atom is -0.365 e. The van der Waals surface area contributed by atoms with Crippen LogP contribution in [0.4, 0.5) is 5.00 Å². The molecule has 0 fully saturated rings. The molecule has 0 radical (unpaired) electrons. The van der Waals surface area contributed by atoms with E-state index in [0.717, 1.165) is 35.3 Å². The molecule has 0 spiro atoms. The highest BCUT2D eigenvalue weighted by Gasteiger charge is 2.27. The van der Waals surface area contributed by atoms with E-state index in [1.807, 2.05) is 25.3 Å². The summed E-state index contributed by atoms with van der Waals surface area (Å²) in [6, 6.07) is 3.87. The molecule has 0 bridgehead atoms. The molecule has 3 aromatic heterocycles. The summed E-state index contributed by atoms with van der Waals surface area (Å²) >= 11 is 1.46. The lowest BCUT2D eigenvalue weighted by Gasteiger charge is -2.18. The normalized spacial score (nSPS) is 16.5. The van der Waals surface area contributed by atoms with Crippen LogP contribution in [0.5, 0.6) is 0 Å². The van der Waals surface area contributed by atoms with Gasteiger partial charge in [-0.1, -0.05) is 6.92 Å². The van der Waals surface area contributed by atoms with Gasteiger partial charge in [0, 0.05) is 17.3 Å². The van der Waals surface area contributed by atoms with Crippen LogP contribution in [0, 0.1) is 12.8 Å². The van der Waals surface area contributed by atoms with Crippen molar-refractivity contribution in [2.75, 3.05) is 5.32 Å². The first-order chi connectivity index (χ1) is 12.4.